The van der Waals surface area contributed by atoms with Crippen molar-refractivity contribution in [3.8, 4) is 0 Å². The van der Waals surface area contributed by atoms with Crippen molar-refractivity contribution in [2.75, 3.05) is 18.8 Å². The van der Waals surface area contributed by atoms with E-state index in [1.54, 1.807) is 11.8 Å². The first kappa shape index (κ1) is 16.1. The van der Waals surface area contributed by atoms with Crippen LogP contribution in [0.4, 0.5) is 0 Å². The second-order valence-corrected chi connectivity index (χ2v) is 6.23. The van der Waals surface area contributed by atoms with Crippen LogP contribution in [-0.4, -0.2) is 35.7 Å². The van der Waals surface area contributed by atoms with Crippen LogP contribution in [0.2, 0.25) is 0 Å². The van der Waals surface area contributed by atoms with Gasteiger partial charge in [0, 0.05) is 24.0 Å². The summed E-state index contributed by atoms with van der Waals surface area (Å²) in [6.07, 6.45) is 0.923. The monoisotopic (exact) mass is 322 g/mol. The van der Waals surface area contributed by atoms with Gasteiger partial charge in [0.15, 0.2) is 0 Å². The third-order valence-corrected chi connectivity index (χ3v) is 4.64. The number of thioether (sulfide) groups is 1. The highest BCUT2D eigenvalue weighted by atomic mass is 35.5. The fraction of sp³-hybridized carbons (Fsp3) is 0.312. The lowest BCUT2D eigenvalue weighted by Gasteiger charge is -2.15. The normalized spacial score (nSPS) is 17.8. The first-order chi connectivity index (χ1) is 9.72. The van der Waals surface area contributed by atoms with Crippen LogP contribution in [0.5, 0.6) is 0 Å². The molecule has 0 aliphatic carbocycles. The van der Waals surface area contributed by atoms with Crippen LogP contribution < -0.4 is 5.73 Å². The number of hydrogen-bond acceptors (Lipinski definition) is 3. The highest BCUT2D eigenvalue weighted by molar-refractivity contribution is 8.00. The number of halogens is 1. The highest BCUT2D eigenvalue weighted by Gasteiger charge is 2.23. The summed E-state index contributed by atoms with van der Waals surface area (Å²) in [7, 11) is 0. The fourth-order valence-corrected chi connectivity index (χ4v) is 3.35. The van der Waals surface area contributed by atoms with Gasteiger partial charge in [0.1, 0.15) is 0 Å². The van der Waals surface area contributed by atoms with Crippen molar-refractivity contribution in [2.24, 2.45) is 5.73 Å². The molecule has 2 aromatic carbocycles. The predicted molar refractivity (Wildman–Crippen MR) is 91.1 cm³/mol. The lowest BCUT2D eigenvalue weighted by Crippen LogP contribution is -2.33. The number of amides is 1. The number of rotatable bonds is 3. The summed E-state index contributed by atoms with van der Waals surface area (Å²) >= 11 is 1.60. The molecular weight excluding hydrogens is 304 g/mol. The number of nitrogens with zero attached hydrogens (tertiary/aromatic N) is 1. The Morgan fingerprint density at radius 1 is 1.24 bits per heavy atom. The summed E-state index contributed by atoms with van der Waals surface area (Å²) in [6, 6.07) is 14.8. The fourth-order valence-electron chi connectivity index (χ4n) is 2.51. The summed E-state index contributed by atoms with van der Waals surface area (Å²) < 4.78 is 0. The maximum Gasteiger partial charge on any atom is 0.232 e. The second kappa shape index (κ2) is 7.16. The molecule has 1 saturated heterocycles. The summed E-state index contributed by atoms with van der Waals surface area (Å²) in [5.74, 6) is 0.682. The zero-order valence-electron chi connectivity index (χ0n) is 11.7. The Balaban J connectivity index is 0.00000161. The van der Waals surface area contributed by atoms with Gasteiger partial charge in [-0.15, -0.1) is 24.2 Å². The van der Waals surface area contributed by atoms with E-state index in [2.05, 4.69) is 30.3 Å². The van der Waals surface area contributed by atoms with Crippen molar-refractivity contribution in [3.63, 3.8) is 0 Å². The van der Waals surface area contributed by atoms with Crippen LogP contribution in [0.3, 0.4) is 0 Å². The zero-order chi connectivity index (χ0) is 13.9. The Hall–Kier alpha value is -1.23. The van der Waals surface area contributed by atoms with E-state index in [-0.39, 0.29) is 24.4 Å². The largest absolute Gasteiger partial charge is 0.340 e. The Labute approximate surface area is 135 Å². The van der Waals surface area contributed by atoms with E-state index in [0.717, 1.165) is 17.9 Å². The second-order valence-electron chi connectivity index (χ2n) is 5.19. The first-order valence-electron chi connectivity index (χ1n) is 6.87. The summed E-state index contributed by atoms with van der Waals surface area (Å²) in [6.45, 7) is 1.51. The summed E-state index contributed by atoms with van der Waals surface area (Å²) in [4.78, 5) is 15.1. The summed E-state index contributed by atoms with van der Waals surface area (Å²) in [5, 5.41) is 2.45. The molecule has 112 valence electrons. The molecule has 3 rings (SSSR count). The van der Waals surface area contributed by atoms with Gasteiger partial charge >= 0.3 is 0 Å². The van der Waals surface area contributed by atoms with Gasteiger partial charge in [-0.25, -0.2) is 0 Å². The molecule has 0 bridgehead atoms. The number of fused-ring (bicyclic) bond motifs is 1. The minimum absolute atomic E-state index is 0. The topological polar surface area (TPSA) is 46.3 Å². The van der Waals surface area contributed by atoms with Crippen molar-refractivity contribution in [2.45, 2.75) is 17.4 Å². The Bertz CT molecular complexity index is 634. The average molecular weight is 323 g/mol. The van der Waals surface area contributed by atoms with Crippen molar-refractivity contribution in [3.05, 3.63) is 42.5 Å². The number of benzene rings is 2. The highest BCUT2D eigenvalue weighted by Crippen LogP contribution is 2.24. The standard InChI is InChI=1S/C16H18N2OS.ClH/c17-14-7-8-18(10-14)16(19)11-20-15-6-5-12-3-1-2-4-13(12)9-15;/h1-6,9,14H,7-8,10-11,17H2;1H/t14-;/m1./s1. The molecule has 0 saturated carbocycles. The van der Waals surface area contributed by atoms with Crippen LogP contribution in [0, 0.1) is 0 Å². The molecule has 1 aliphatic heterocycles. The molecule has 1 heterocycles. The lowest BCUT2D eigenvalue weighted by atomic mass is 10.1. The molecule has 2 aromatic rings. The molecule has 21 heavy (non-hydrogen) atoms. The molecular formula is C16H19ClN2OS. The van der Waals surface area contributed by atoms with Crippen molar-refractivity contribution in [1.29, 1.82) is 0 Å². The first-order valence-corrected chi connectivity index (χ1v) is 7.86. The van der Waals surface area contributed by atoms with Crippen LogP contribution in [0.25, 0.3) is 10.8 Å². The third kappa shape index (κ3) is 3.90. The Morgan fingerprint density at radius 3 is 2.71 bits per heavy atom. The molecule has 2 N–H and O–H groups in total. The van der Waals surface area contributed by atoms with Crippen molar-refractivity contribution in [1.82, 2.24) is 4.90 Å². The van der Waals surface area contributed by atoms with Crippen LogP contribution >= 0.6 is 24.2 Å². The quantitative estimate of drug-likeness (QED) is 0.884. The maximum absolute atomic E-state index is 12.1. The maximum atomic E-state index is 12.1. The molecule has 0 radical (unpaired) electrons. The van der Waals surface area contributed by atoms with Gasteiger partial charge in [0.25, 0.3) is 0 Å². The van der Waals surface area contributed by atoms with Crippen molar-refractivity contribution >= 4 is 40.8 Å². The van der Waals surface area contributed by atoms with Gasteiger partial charge < -0.3 is 10.6 Å². The predicted octanol–water partition coefficient (Wildman–Crippen LogP) is 2.91. The summed E-state index contributed by atoms with van der Waals surface area (Å²) in [5.41, 5.74) is 5.83. The van der Waals surface area contributed by atoms with E-state index >= 15 is 0 Å². The molecule has 0 aromatic heterocycles. The van der Waals surface area contributed by atoms with Gasteiger partial charge in [-0.3, -0.25) is 4.79 Å². The van der Waals surface area contributed by atoms with Crippen LogP contribution in [-0.2, 0) is 4.79 Å². The van der Waals surface area contributed by atoms with Gasteiger partial charge in [0.2, 0.25) is 5.91 Å². The van der Waals surface area contributed by atoms with Gasteiger partial charge in [-0.1, -0.05) is 30.3 Å². The van der Waals surface area contributed by atoms with E-state index in [1.165, 1.54) is 10.8 Å². The van der Waals surface area contributed by atoms with E-state index in [4.69, 9.17) is 5.73 Å². The number of nitrogens with two attached hydrogens (primary N) is 1. The minimum atomic E-state index is 0. The van der Waals surface area contributed by atoms with E-state index in [9.17, 15) is 4.79 Å². The molecule has 1 atom stereocenters. The van der Waals surface area contributed by atoms with Crippen LogP contribution in [0.1, 0.15) is 6.42 Å². The number of hydrogen-bond donors (Lipinski definition) is 1. The molecule has 0 unspecified atom stereocenters. The molecule has 0 spiro atoms. The SMILES string of the molecule is Cl.N[C@@H]1CCN(C(=O)CSc2ccc3ccccc3c2)C1. The van der Waals surface area contributed by atoms with E-state index < -0.39 is 0 Å². The molecule has 1 aliphatic rings. The Kier molecular flexibility index (Phi) is 5.51. The van der Waals surface area contributed by atoms with E-state index in [1.807, 2.05) is 17.0 Å². The Morgan fingerprint density at radius 2 is 2.00 bits per heavy atom. The molecule has 1 fully saturated rings. The zero-order valence-corrected chi connectivity index (χ0v) is 13.3. The van der Waals surface area contributed by atoms with Gasteiger partial charge in [-0.05, 0) is 29.3 Å². The van der Waals surface area contributed by atoms with Gasteiger partial charge in [-0.2, -0.15) is 0 Å². The molecule has 5 heteroatoms. The minimum Gasteiger partial charge on any atom is -0.340 e. The third-order valence-electron chi connectivity index (χ3n) is 3.66. The van der Waals surface area contributed by atoms with Crippen LogP contribution in [0.15, 0.2) is 47.4 Å². The van der Waals surface area contributed by atoms with E-state index in [0.29, 0.717) is 12.3 Å². The van der Waals surface area contributed by atoms with Crippen molar-refractivity contribution < 1.29 is 4.79 Å². The van der Waals surface area contributed by atoms with Gasteiger partial charge in [0.05, 0.1) is 5.75 Å². The number of carbonyl (C=O) groups is 1. The number of carbonyl (C=O) groups excluding carboxylic acids is 1. The average Bonchev–Trinajstić information content (AvgIpc) is 2.91. The smallest absolute Gasteiger partial charge is 0.232 e. The number of likely N-dealkylation sites (tertiary alicyclic amines) is 1. The molecule has 3 nitrogen and oxygen atoms in total. The lowest BCUT2D eigenvalue weighted by molar-refractivity contribution is -0.127. The molecule has 1 amide bonds.